The van der Waals surface area contributed by atoms with Crippen LogP contribution in [-0.4, -0.2) is 23.0 Å². The highest BCUT2D eigenvalue weighted by atomic mass is 32.2. The standard InChI is InChI=1S/C10H14N2O2S/c1-7(14)12-8-2-4-9(5-3-8)15-10(11)6-13/h2-5,10,13H,6,11H2,1H3,(H,12,14). The lowest BCUT2D eigenvalue weighted by atomic mass is 10.3. The number of hydrogen-bond donors (Lipinski definition) is 3. The molecule has 0 aromatic heterocycles. The maximum absolute atomic E-state index is 10.8. The molecule has 15 heavy (non-hydrogen) atoms. The second-order valence-electron chi connectivity index (χ2n) is 3.04. The lowest BCUT2D eigenvalue weighted by molar-refractivity contribution is -0.114. The van der Waals surface area contributed by atoms with Gasteiger partial charge in [-0.3, -0.25) is 4.79 Å². The molecule has 0 fully saturated rings. The predicted molar refractivity (Wildman–Crippen MR) is 61.7 cm³/mol. The number of thioether (sulfide) groups is 1. The first-order valence-corrected chi connectivity index (χ1v) is 5.40. The van der Waals surface area contributed by atoms with E-state index in [0.717, 1.165) is 10.6 Å². The Kier molecular flexibility index (Phi) is 4.61. The highest BCUT2D eigenvalue weighted by Crippen LogP contribution is 2.22. The molecule has 0 aliphatic rings. The van der Waals surface area contributed by atoms with Crippen LogP contribution in [0.4, 0.5) is 5.69 Å². The Balaban J connectivity index is 2.60. The van der Waals surface area contributed by atoms with E-state index in [0.29, 0.717) is 0 Å². The SMILES string of the molecule is CC(=O)Nc1ccc(SC(N)CO)cc1. The van der Waals surface area contributed by atoms with Crippen LogP contribution in [0.3, 0.4) is 0 Å². The third-order valence-corrected chi connectivity index (χ3v) is 2.64. The smallest absolute Gasteiger partial charge is 0.221 e. The number of hydrogen-bond acceptors (Lipinski definition) is 4. The summed E-state index contributed by atoms with van der Waals surface area (Å²) in [6.45, 7) is 1.41. The van der Waals surface area contributed by atoms with Crippen molar-refractivity contribution in [3.63, 3.8) is 0 Å². The number of aliphatic hydroxyl groups excluding tert-OH is 1. The average Bonchev–Trinajstić information content (AvgIpc) is 2.20. The van der Waals surface area contributed by atoms with Crippen molar-refractivity contribution in [2.45, 2.75) is 17.2 Å². The molecule has 1 rings (SSSR count). The second-order valence-corrected chi connectivity index (χ2v) is 4.36. The lowest BCUT2D eigenvalue weighted by Gasteiger charge is -2.08. The van der Waals surface area contributed by atoms with Crippen molar-refractivity contribution in [2.24, 2.45) is 5.73 Å². The average molecular weight is 226 g/mol. The van der Waals surface area contributed by atoms with Crippen molar-refractivity contribution in [3.05, 3.63) is 24.3 Å². The van der Waals surface area contributed by atoms with Gasteiger partial charge in [-0.25, -0.2) is 0 Å². The van der Waals surface area contributed by atoms with Crippen molar-refractivity contribution in [3.8, 4) is 0 Å². The first-order valence-electron chi connectivity index (χ1n) is 4.52. The summed E-state index contributed by atoms with van der Waals surface area (Å²) >= 11 is 1.39. The Morgan fingerprint density at radius 1 is 1.53 bits per heavy atom. The molecule has 0 aliphatic carbocycles. The molecule has 0 radical (unpaired) electrons. The van der Waals surface area contributed by atoms with Crippen LogP contribution in [0.15, 0.2) is 29.2 Å². The number of nitrogens with one attached hydrogen (secondary N) is 1. The number of anilines is 1. The Hall–Kier alpha value is -1.04. The molecular formula is C10H14N2O2S. The minimum Gasteiger partial charge on any atom is -0.394 e. The molecule has 1 aromatic carbocycles. The molecule has 82 valence electrons. The summed E-state index contributed by atoms with van der Waals surface area (Å²) in [6.07, 6.45) is 0. The molecule has 0 heterocycles. The minimum absolute atomic E-state index is 0.0574. The van der Waals surface area contributed by atoms with Crippen LogP contribution in [0.1, 0.15) is 6.92 Å². The summed E-state index contributed by atoms with van der Waals surface area (Å²) in [5, 5.41) is 11.1. The zero-order chi connectivity index (χ0) is 11.3. The number of carbonyl (C=O) groups is 1. The molecule has 1 atom stereocenters. The molecule has 0 bridgehead atoms. The molecule has 0 saturated heterocycles. The van der Waals surface area contributed by atoms with E-state index in [1.807, 2.05) is 12.1 Å². The van der Waals surface area contributed by atoms with Crippen LogP contribution < -0.4 is 11.1 Å². The molecule has 0 spiro atoms. The van der Waals surface area contributed by atoms with Crippen molar-refractivity contribution in [2.75, 3.05) is 11.9 Å². The molecule has 1 amide bonds. The summed E-state index contributed by atoms with van der Waals surface area (Å²) in [5.41, 5.74) is 6.32. The van der Waals surface area contributed by atoms with E-state index in [1.165, 1.54) is 18.7 Å². The van der Waals surface area contributed by atoms with Crippen molar-refractivity contribution in [1.29, 1.82) is 0 Å². The van der Waals surface area contributed by atoms with Crippen molar-refractivity contribution >= 4 is 23.4 Å². The first-order chi connectivity index (χ1) is 7.11. The fourth-order valence-corrected chi connectivity index (χ4v) is 1.75. The van der Waals surface area contributed by atoms with Gasteiger partial charge in [0.15, 0.2) is 0 Å². The number of rotatable bonds is 4. The molecule has 4 nitrogen and oxygen atoms in total. The number of amides is 1. The third-order valence-electron chi connectivity index (χ3n) is 1.64. The summed E-state index contributed by atoms with van der Waals surface area (Å²) in [6, 6.07) is 7.30. The number of nitrogens with two attached hydrogens (primary N) is 1. The van der Waals surface area contributed by atoms with E-state index in [4.69, 9.17) is 10.8 Å². The minimum atomic E-state index is -0.309. The van der Waals surface area contributed by atoms with E-state index < -0.39 is 0 Å². The lowest BCUT2D eigenvalue weighted by Crippen LogP contribution is -2.19. The summed E-state index contributed by atoms with van der Waals surface area (Å²) in [4.78, 5) is 11.7. The first kappa shape index (κ1) is 12.0. The second kappa shape index (κ2) is 5.75. The fraction of sp³-hybridized carbons (Fsp3) is 0.300. The van der Waals surface area contributed by atoms with Crippen LogP contribution in [-0.2, 0) is 4.79 Å². The van der Waals surface area contributed by atoms with Gasteiger partial charge in [0, 0.05) is 17.5 Å². The normalized spacial score (nSPS) is 12.2. The largest absolute Gasteiger partial charge is 0.394 e. The quantitative estimate of drug-likeness (QED) is 0.529. The van der Waals surface area contributed by atoms with Crippen LogP contribution in [0, 0.1) is 0 Å². The Morgan fingerprint density at radius 2 is 2.13 bits per heavy atom. The van der Waals surface area contributed by atoms with Crippen LogP contribution >= 0.6 is 11.8 Å². The van der Waals surface area contributed by atoms with Gasteiger partial charge in [-0.2, -0.15) is 0 Å². The zero-order valence-electron chi connectivity index (χ0n) is 8.43. The summed E-state index contributed by atoms with van der Waals surface area (Å²) in [5.74, 6) is -0.0949. The highest BCUT2D eigenvalue weighted by molar-refractivity contribution is 7.99. The Bertz CT molecular complexity index is 327. The number of aliphatic hydroxyl groups is 1. The van der Waals surface area contributed by atoms with Crippen molar-refractivity contribution < 1.29 is 9.90 Å². The molecule has 0 saturated carbocycles. The predicted octanol–water partition coefficient (Wildman–Crippen LogP) is 1.01. The Labute approximate surface area is 92.9 Å². The van der Waals surface area contributed by atoms with Gasteiger partial charge in [0.05, 0.1) is 12.0 Å². The van der Waals surface area contributed by atoms with E-state index in [-0.39, 0.29) is 17.9 Å². The fourth-order valence-electron chi connectivity index (χ4n) is 1.03. The van der Waals surface area contributed by atoms with Crippen molar-refractivity contribution in [1.82, 2.24) is 0 Å². The maximum Gasteiger partial charge on any atom is 0.221 e. The molecule has 0 aliphatic heterocycles. The summed E-state index contributed by atoms with van der Waals surface area (Å²) in [7, 11) is 0. The van der Waals surface area contributed by atoms with Gasteiger partial charge in [-0.05, 0) is 24.3 Å². The van der Waals surface area contributed by atoms with Gasteiger partial charge in [0.2, 0.25) is 5.91 Å². The van der Waals surface area contributed by atoms with Crippen LogP contribution in [0.25, 0.3) is 0 Å². The van der Waals surface area contributed by atoms with Gasteiger partial charge in [-0.15, -0.1) is 11.8 Å². The molecule has 1 unspecified atom stereocenters. The topological polar surface area (TPSA) is 75.4 Å². The van der Waals surface area contributed by atoms with Gasteiger partial charge >= 0.3 is 0 Å². The van der Waals surface area contributed by atoms with E-state index >= 15 is 0 Å². The molecular weight excluding hydrogens is 212 g/mol. The van der Waals surface area contributed by atoms with Gasteiger partial charge in [0.1, 0.15) is 0 Å². The molecule has 4 N–H and O–H groups in total. The monoisotopic (exact) mass is 226 g/mol. The van der Waals surface area contributed by atoms with E-state index in [1.54, 1.807) is 12.1 Å². The van der Waals surface area contributed by atoms with E-state index in [9.17, 15) is 4.79 Å². The highest BCUT2D eigenvalue weighted by Gasteiger charge is 2.02. The van der Waals surface area contributed by atoms with Crippen LogP contribution in [0.5, 0.6) is 0 Å². The van der Waals surface area contributed by atoms with Crippen LogP contribution in [0.2, 0.25) is 0 Å². The summed E-state index contributed by atoms with van der Waals surface area (Å²) < 4.78 is 0. The van der Waals surface area contributed by atoms with Gasteiger partial charge in [0.25, 0.3) is 0 Å². The third kappa shape index (κ3) is 4.33. The molecule has 1 aromatic rings. The number of carbonyl (C=O) groups excluding carboxylic acids is 1. The zero-order valence-corrected chi connectivity index (χ0v) is 9.25. The van der Waals surface area contributed by atoms with Gasteiger partial charge < -0.3 is 16.2 Å². The van der Waals surface area contributed by atoms with Gasteiger partial charge in [-0.1, -0.05) is 0 Å². The molecule has 5 heteroatoms. The van der Waals surface area contributed by atoms with E-state index in [2.05, 4.69) is 5.32 Å². The maximum atomic E-state index is 10.8. The number of benzene rings is 1. The Morgan fingerprint density at radius 3 is 2.60 bits per heavy atom.